The molecule has 1 amide bonds. The minimum atomic E-state index is 0.0592. The van der Waals surface area contributed by atoms with Crippen LogP contribution in [0.1, 0.15) is 23.3 Å². The molecule has 2 aromatic rings. The Hall–Kier alpha value is -2.05. The first-order valence-corrected chi connectivity index (χ1v) is 8.78. The summed E-state index contributed by atoms with van der Waals surface area (Å²) < 4.78 is 10.7. The maximum atomic E-state index is 13.2. The van der Waals surface area contributed by atoms with E-state index in [-0.39, 0.29) is 11.9 Å². The SMILES string of the molecule is COc1ccc2cc(C(=O)N(CCN(C)C)C3CCOCC3)[nH]c2c1. The van der Waals surface area contributed by atoms with Gasteiger partial charge in [0.1, 0.15) is 11.4 Å². The van der Waals surface area contributed by atoms with Crippen LogP contribution < -0.4 is 4.74 Å². The van der Waals surface area contributed by atoms with Gasteiger partial charge in [0, 0.05) is 49.3 Å². The molecule has 0 saturated carbocycles. The molecule has 6 nitrogen and oxygen atoms in total. The molecule has 25 heavy (non-hydrogen) atoms. The number of amides is 1. The van der Waals surface area contributed by atoms with Crippen molar-refractivity contribution < 1.29 is 14.3 Å². The summed E-state index contributed by atoms with van der Waals surface area (Å²) in [6.45, 7) is 3.01. The number of likely N-dealkylation sites (N-methyl/N-ethyl adjacent to an activating group) is 1. The lowest BCUT2D eigenvalue weighted by Gasteiger charge is -2.34. The van der Waals surface area contributed by atoms with Crippen molar-refractivity contribution in [1.82, 2.24) is 14.8 Å². The van der Waals surface area contributed by atoms with Gasteiger partial charge in [-0.1, -0.05) is 0 Å². The molecule has 0 bridgehead atoms. The molecular weight excluding hydrogens is 318 g/mol. The third-order valence-corrected chi connectivity index (χ3v) is 4.74. The van der Waals surface area contributed by atoms with Gasteiger partial charge in [-0.25, -0.2) is 0 Å². The topological polar surface area (TPSA) is 57.8 Å². The Morgan fingerprint density at radius 3 is 2.68 bits per heavy atom. The summed E-state index contributed by atoms with van der Waals surface area (Å²) in [6.07, 6.45) is 1.79. The summed E-state index contributed by atoms with van der Waals surface area (Å²) in [7, 11) is 5.70. The predicted molar refractivity (Wildman–Crippen MR) is 98.3 cm³/mol. The number of H-pyrrole nitrogens is 1. The molecule has 0 spiro atoms. The zero-order valence-corrected chi connectivity index (χ0v) is 15.2. The van der Waals surface area contributed by atoms with Crippen LogP contribution in [0.4, 0.5) is 0 Å². The second-order valence-corrected chi connectivity index (χ2v) is 6.78. The van der Waals surface area contributed by atoms with E-state index in [2.05, 4.69) is 9.88 Å². The van der Waals surface area contributed by atoms with Crippen LogP contribution in [0.25, 0.3) is 10.9 Å². The molecular formula is C19H27N3O3. The van der Waals surface area contributed by atoms with Crippen LogP contribution in [0.3, 0.4) is 0 Å². The van der Waals surface area contributed by atoms with Gasteiger partial charge in [-0.2, -0.15) is 0 Å². The van der Waals surface area contributed by atoms with Gasteiger partial charge in [0.2, 0.25) is 0 Å². The second-order valence-electron chi connectivity index (χ2n) is 6.78. The van der Waals surface area contributed by atoms with Crippen molar-refractivity contribution in [3.05, 3.63) is 30.0 Å². The molecule has 6 heteroatoms. The summed E-state index contributed by atoms with van der Waals surface area (Å²) in [5.41, 5.74) is 1.55. The maximum Gasteiger partial charge on any atom is 0.270 e. The van der Waals surface area contributed by atoms with E-state index in [4.69, 9.17) is 9.47 Å². The Labute approximate surface area is 148 Å². The van der Waals surface area contributed by atoms with E-state index >= 15 is 0 Å². The quantitative estimate of drug-likeness (QED) is 0.873. The van der Waals surface area contributed by atoms with Gasteiger partial charge in [0.05, 0.1) is 7.11 Å². The zero-order valence-electron chi connectivity index (χ0n) is 15.2. The number of carbonyl (C=O) groups excluding carboxylic acids is 1. The van der Waals surface area contributed by atoms with E-state index in [0.717, 1.165) is 55.8 Å². The number of fused-ring (bicyclic) bond motifs is 1. The van der Waals surface area contributed by atoms with Gasteiger partial charge in [0.25, 0.3) is 5.91 Å². The fourth-order valence-corrected chi connectivity index (χ4v) is 3.26. The van der Waals surface area contributed by atoms with Crippen molar-refractivity contribution in [3.63, 3.8) is 0 Å². The first-order valence-electron chi connectivity index (χ1n) is 8.78. The molecule has 1 aromatic carbocycles. The maximum absolute atomic E-state index is 13.2. The lowest BCUT2D eigenvalue weighted by atomic mass is 10.1. The van der Waals surface area contributed by atoms with E-state index in [0.29, 0.717) is 5.69 Å². The van der Waals surface area contributed by atoms with Gasteiger partial charge < -0.3 is 24.3 Å². The Morgan fingerprint density at radius 1 is 1.24 bits per heavy atom. The summed E-state index contributed by atoms with van der Waals surface area (Å²) in [4.78, 5) is 20.6. The van der Waals surface area contributed by atoms with Crippen LogP contribution in [0, 0.1) is 0 Å². The lowest BCUT2D eigenvalue weighted by Crippen LogP contribution is -2.46. The summed E-state index contributed by atoms with van der Waals surface area (Å²) in [5.74, 6) is 0.839. The molecule has 2 heterocycles. The Bertz CT molecular complexity index is 720. The van der Waals surface area contributed by atoms with E-state index < -0.39 is 0 Å². The number of carbonyl (C=O) groups is 1. The fraction of sp³-hybridized carbons (Fsp3) is 0.526. The van der Waals surface area contributed by atoms with Crippen molar-refractivity contribution in [2.24, 2.45) is 0 Å². The summed E-state index contributed by atoms with van der Waals surface area (Å²) in [6, 6.07) is 7.97. The molecule has 0 radical (unpaired) electrons. The minimum Gasteiger partial charge on any atom is -0.497 e. The normalized spacial score (nSPS) is 15.7. The van der Waals surface area contributed by atoms with E-state index in [9.17, 15) is 4.79 Å². The third-order valence-electron chi connectivity index (χ3n) is 4.74. The third kappa shape index (κ3) is 4.14. The minimum absolute atomic E-state index is 0.0592. The van der Waals surface area contributed by atoms with Crippen LogP contribution in [0.15, 0.2) is 24.3 Å². The number of aromatic amines is 1. The number of benzene rings is 1. The standard InChI is InChI=1S/C19H27N3O3/c1-21(2)8-9-22(15-6-10-25-11-7-15)19(23)18-12-14-4-5-16(24-3)13-17(14)20-18/h4-5,12-13,15,20H,6-11H2,1-3H3. The molecule has 0 aliphatic carbocycles. The molecule has 136 valence electrons. The van der Waals surface area contributed by atoms with Gasteiger partial charge in [-0.05, 0) is 45.1 Å². The van der Waals surface area contributed by atoms with Crippen molar-refractivity contribution in [2.75, 3.05) is 47.5 Å². The monoisotopic (exact) mass is 345 g/mol. The second kappa shape index (κ2) is 7.89. The van der Waals surface area contributed by atoms with Gasteiger partial charge in [-0.15, -0.1) is 0 Å². The number of rotatable bonds is 6. The Balaban J connectivity index is 1.84. The number of nitrogens with zero attached hydrogens (tertiary/aromatic N) is 2. The first-order chi connectivity index (χ1) is 12.1. The molecule has 3 rings (SSSR count). The number of hydrogen-bond acceptors (Lipinski definition) is 4. The Kier molecular flexibility index (Phi) is 5.60. The van der Waals surface area contributed by atoms with Crippen LogP contribution in [0.5, 0.6) is 5.75 Å². The molecule has 1 aromatic heterocycles. The summed E-state index contributed by atoms with van der Waals surface area (Å²) >= 11 is 0. The number of aromatic nitrogens is 1. The van der Waals surface area contributed by atoms with E-state index in [1.165, 1.54) is 0 Å². The average Bonchev–Trinajstić information content (AvgIpc) is 3.05. The van der Waals surface area contributed by atoms with Crippen molar-refractivity contribution in [1.29, 1.82) is 0 Å². The molecule has 1 aliphatic heterocycles. The Morgan fingerprint density at radius 2 is 2.00 bits per heavy atom. The van der Waals surface area contributed by atoms with E-state index in [1.807, 2.05) is 43.3 Å². The van der Waals surface area contributed by atoms with E-state index in [1.54, 1.807) is 7.11 Å². The number of nitrogens with one attached hydrogen (secondary N) is 1. The van der Waals surface area contributed by atoms with Crippen LogP contribution in [-0.2, 0) is 4.74 Å². The molecule has 1 saturated heterocycles. The molecule has 0 unspecified atom stereocenters. The lowest BCUT2D eigenvalue weighted by molar-refractivity contribution is 0.0273. The highest BCUT2D eigenvalue weighted by Gasteiger charge is 2.27. The van der Waals surface area contributed by atoms with Crippen molar-refractivity contribution >= 4 is 16.8 Å². The molecule has 0 atom stereocenters. The summed E-state index contributed by atoms with van der Waals surface area (Å²) in [5, 5.41) is 1.02. The number of methoxy groups -OCH3 is 1. The van der Waals surface area contributed by atoms with Crippen LogP contribution >= 0.6 is 0 Å². The highest BCUT2D eigenvalue weighted by molar-refractivity contribution is 5.98. The average molecular weight is 345 g/mol. The van der Waals surface area contributed by atoms with Gasteiger partial charge in [0.15, 0.2) is 0 Å². The highest BCUT2D eigenvalue weighted by Crippen LogP contribution is 2.23. The number of hydrogen-bond donors (Lipinski definition) is 1. The predicted octanol–water partition coefficient (Wildman–Crippen LogP) is 2.36. The highest BCUT2D eigenvalue weighted by atomic mass is 16.5. The first kappa shape index (κ1) is 17.8. The molecule has 1 aliphatic rings. The number of ether oxygens (including phenoxy) is 2. The van der Waals surface area contributed by atoms with Crippen LogP contribution in [0.2, 0.25) is 0 Å². The van der Waals surface area contributed by atoms with Crippen LogP contribution in [-0.4, -0.2) is 74.2 Å². The van der Waals surface area contributed by atoms with Gasteiger partial charge in [-0.3, -0.25) is 4.79 Å². The zero-order chi connectivity index (χ0) is 17.8. The smallest absolute Gasteiger partial charge is 0.270 e. The van der Waals surface area contributed by atoms with Crippen molar-refractivity contribution in [3.8, 4) is 5.75 Å². The molecule has 1 N–H and O–H groups in total. The van der Waals surface area contributed by atoms with Gasteiger partial charge >= 0.3 is 0 Å². The van der Waals surface area contributed by atoms with Crippen molar-refractivity contribution in [2.45, 2.75) is 18.9 Å². The fourth-order valence-electron chi connectivity index (χ4n) is 3.26. The largest absolute Gasteiger partial charge is 0.497 e. The molecule has 1 fully saturated rings.